The number of thiophene rings is 1. The van der Waals surface area contributed by atoms with Crippen LogP contribution >= 0.6 is 11.3 Å². The Kier molecular flexibility index (Phi) is 5.78. The summed E-state index contributed by atoms with van der Waals surface area (Å²) < 4.78 is 9.11. The summed E-state index contributed by atoms with van der Waals surface area (Å²) in [6.07, 6.45) is 0. The number of anilines is 3. The van der Waals surface area contributed by atoms with Crippen molar-refractivity contribution in [2.45, 2.75) is 0 Å². The van der Waals surface area contributed by atoms with Crippen LogP contribution in [0, 0.1) is 0 Å². The third kappa shape index (κ3) is 4.17. The van der Waals surface area contributed by atoms with E-state index in [9.17, 15) is 0 Å². The summed E-state index contributed by atoms with van der Waals surface area (Å²) in [5.41, 5.74) is 7.70. The van der Waals surface area contributed by atoms with Crippen LogP contribution in [-0.2, 0) is 0 Å². The molecule has 0 amide bonds. The number of rotatable bonds is 4. The van der Waals surface area contributed by atoms with Gasteiger partial charge in [-0.15, -0.1) is 11.3 Å². The SMILES string of the molecule is c1ccc(N(c2cccc(-c3cccc4ccccc34)c2)c2ccc3c(c2)sc2ccc4c5cc6ccccc6cc5oc4c23)cc1. The number of fused-ring (bicyclic) bond motifs is 9. The van der Waals surface area contributed by atoms with Crippen LogP contribution in [-0.4, -0.2) is 0 Å². The Balaban J connectivity index is 1.15. The molecule has 0 aliphatic heterocycles. The lowest BCUT2D eigenvalue weighted by molar-refractivity contribution is 0.673. The highest BCUT2D eigenvalue weighted by molar-refractivity contribution is 7.26. The van der Waals surface area contributed by atoms with Crippen LogP contribution in [0.15, 0.2) is 168 Å². The molecule has 2 heterocycles. The highest BCUT2D eigenvalue weighted by Crippen LogP contribution is 2.45. The van der Waals surface area contributed by atoms with Gasteiger partial charge in [-0.2, -0.15) is 0 Å². The smallest absolute Gasteiger partial charge is 0.144 e. The van der Waals surface area contributed by atoms with E-state index in [-0.39, 0.29) is 0 Å². The van der Waals surface area contributed by atoms with E-state index in [1.165, 1.54) is 52.8 Å². The average Bonchev–Trinajstić information content (AvgIpc) is 3.68. The van der Waals surface area contributed by atoms with E-state index in [4.69, 9.17) is 4.42 Å². The number of hydrogen-bond acceptors (Lipinski definition) is 3. The van der Waals surface area contributed by atoms with Crippen LogP contribution in [0.3, 0.4) is 0 Å². The first-order valence-corrected chi connectivity index (χ1v) is 16.7. The van der Waals surface area contributed by atoms with Crippen LogP contribution < -0.4 is 4.90 Å². The topological polar surface area (TPSA) is 16.4 Å². The van der Waals surface area contributed by atoms with E-state index in [0.717, 1.165) is 39.0 Å². The van der Waals surface area contributed by atoms with Crippen LogP contribution in [0.1, 0.15) is 0 Å². The van der Waals surface area contributed by atoms with Gasteiger partial charge >= 0.3 is 0 Å². The molecule has 2 aromatic heterocycles. The molecular weight excluding hydrogens is 591 g/mol. The van der Waals surface area contributed by atoms with E-state index < -0.39 is 0 Å². The minimum atomic E-state index is 0.934. The van der Waals surface area contributed by atoms with E-state index in [2.05, 4.69) is 169 Å². The monoisotopic (exact) mass is 617 g/mol. The minimum absolute atomic E-state index is 0.934. The van der Waals surface area contributed by atoms with Gasteiger partial charge in [0.1, 0.15) is 11.2 Å². The van der Waals surface area contributed by atoms with Gasteiger partial charge < -0.3 is 9.32 Å². The maximum Gasteiger partial charge on any atom is 0.144 e. The van der Waals surface area contributed by atoms with Gasteiger partial charge in [-0.1, -0.05) is 103 Å². The summed E-state index contributed by atoms with van der Waals surface area (Å²) >= 11 is 1.83. The molecule has 0 unspecified atom stereocenters. The first kappa shape index (κ1) is 26.3. The first-order valence-electron chi connectivity index (χ1n) is 15.9. The number of furan rings is 1. The van der Waals surface area contributed by atoms with Crippen molar-refractivity contribution in [3.63, 3.8) is 0 Å². The second-order valence-corrected chi connectivity index (χ2v) is 13.2. The molecule has 220 valence electrons. The molecule has 0 fully saturated rings. The number of para-hydroxylation sites is 1. The summed E-state index contributed by atoms with van der Waals surface area (Å²) in [7, 11) is 0. The predicted molar refractivity (Wildman–Crippen MR) is 202 cm³/mol. The van der Waals surface area contributed by atoms with E-state index in [1.54, 1.807) is 0 Å². The van der Waals surface area contributed by atoms with Crippen LogP contribution in [0.5, 0.6) is 0 Å². The number of hydrogen-bond donors (Lipinski definition) is 0. The Morgan fingerprint density at radius 3 is 2.02 bits per heavy atom. The third-order valence-electron chi connectivity index (χ3n) is 9.40. The van der Waals surface area contributed by atoms with E-state index >= 15 is 0 Å². The summed E-state index contributed by atoms with van der Waals surface area (Å²) in [6, 6.07) is 59.0. The molecule has 0 saturated heterocycles. The highest BCUT2D eigenvalue weighted by Gasteiger charge is 2.19. The molecule has 10 rings (SSSR count). The fourth-order valence-corrected chi connectivity index (χ4v) is 8.36. The molecule has 0 spiro atoms. The lowest BCUT2D eigenvalue weighted by Crippen LogP contribution is -2.09. The molecule has 10 aromatic rings. The lowest BCUT2D eigenvalue weighted by atomic mass is 9.97. The Morgan fingerprint density at radius 1 is 0.426 bits per heavy atom. The molecule has 2 nitrogen and oxygen atoms in total. The van der Waals surface area contributed by atoms with Crippen molar-refractivity contribution in [2.24, 2.45) is 0 Å². The quantitative estimate of drug-likeness (QED) is 0.195. The van der Waals surface area contributed by atoms with Crippen molar-refractivity contribution in [2.75, 3.05) is 4.90 Å². The molecular formula is C44H27NOS. The molecule has 0 aliphatic rings. The first-order chi connectivity index (χ1) is 23.3. The van der Waals surface area contributed by atoms with E-state index in [0.29, 0.717) is 0 Å². The Labute approximate surface area is 275 Å². The third-order valence-corrected chi connectivity index (χ3v) is 10.5. The van der Waals surface area contributed by atoms with Crippen LogP contribution in [0.25, 0.3) is 74.8 Å². The molecule has 0 atom stereocenters. The van der Waals surface area contributed by atoms with Gasteiger partial charge in [0.2, 0.25) is 0 Å². The Bertz CT molecular complexity index is 2800. The second-order valence-electron chi connectivity index (χ2n) is 12.1. The second kappa shape index (κ2) is 10.3. The molecule has 0 N–H and O–H groups in total. The summed E-state index contributed by atoms with van der Waals surface area (Å²) in [6.45, 7) is 0. The average molecular weight is 618 g/mol. The Morgan fingerprint density at radius 2 is 1.13 bits per heavy atom. The Hall–Kier alpha value is -5.90. The molecule has 0 bridgehead atoms. The van der Waals surface area contributed by atoms with Crippen molar-refractivity contribution in [3.05, 3.63) is 164 Å². The van der Waals surface area contributed by atoms with Gasteiger partial charge in [0.25, 0.3) is 0 Å². The maximum absolute atomic E-state index is 6.64. The van der Waals surface area contributed by atoms with Gasteiger partial charge in [0.05, 0.1) is 0 Å². The zero-order chi connectivity index (χ0) is 30.9. The molecule has 3 heteroatoms. The maximum atomic E-state index is 6.64. The van der Waals surface area contributed by atoms with Crippen LogP contribution in [0.4, 0.5) is 17.1 Å². The standard InChI is InChI=1S/C44H27NOS/c1-2-15-32(16-3-1)45(33-17-8-14-31(24-33)36-19-9-13-28-10-6-7-18-35(28)36)34-20-21-38-42(27-34)47-41-23-22-37-39-25-29-11-4-5-12-30(29)26-40(39)46-44(37)43(38)41/h1-27H. The molecule has 8 aromatic carbocycles. The normalized spacial score (nSPS) is 11.8. The fraction of sp³-hybridized carbons (Fsp3) is 0. The molecule has 47 heavy (non-hydrogen) atoms. The summed E-state index contributed by atoms with van der Waals surface area (Å²) in [5, 5.41) is 9.68. The van der Waals surface area contributed by atoms with Gasteiger partial charge in [-0.25, -0.2) is 0 Å². The van der Waals surface area contributed by atoms with E-state index in [1.807, 2.05) is 11.3 Å². The van der Waals surface area contributed by atoms with Crippen LogP contribution in [0.2, 0.25) is 0 Å². The number of nitrogens with zero attached hydrogens (tertiary/aromatic N) is 1. The van der Waals surface area contributed by atoms with Crippen molar-refractivity contribution < 1.29 is 4.42 Å². The van der Waals surface area contributed by atoms with Gasteiger partial charge in [0, 0.05) is 48.0 Å². The van der Waals surface area contributed by atoms with Crippen molar-refractivity contribution in [1.82, 2.24) is 0 Å². The zero-order valence-corrected chi connectivity index (χ0v) is 26.2. The summed E-state index contributed by atoms with van der Waals surface area (Å²) in [4.78, 5) is 2.36. The largest absolute Gasteiger partial charge is 0.455 e. The summed E-state index contributed by atoms with van der Waals surface area (Å²) in [5.74, 6) is 0. The van der Waals surface area contributed by atoms with Crippen molar-refractivity contribution in [3.8, 4) is 11.1 Å². The molecule has 0 aliphatic carbocycles. The van der Waals surface area contributed by atoms with Gasteiger partial charge in [-0.3, -0.25) is 0 Å². The van der Waals surface area contributed by atoms with Crippen molar-refractivity contribution in [1.29, 1.82) is 0 Å². The van der Waals surface area contributed by atoms with Gasteiger partial charge in [-0.05, 0) is 93.3 Å². The van der Waals surface area contributed by atoms with Gasteiger partial charge in [0.15, 0.2) is 0 Å². The zero-order valence-electron chi connectivity index (χ0n) is 25.4. The number of benzene rings is 8. The molecule has 0 radical (unpaired) electrons. The fourth-order valence-electron chi connectivity index (χ4n) is 7.22. The molecule has 0 saturated carbocycles. The predicted octanol–water partition coefficient (Wildman–Crippen LogP) is 13.4. The lowest BCUT2D eigenvalue weighted by Gasteiger charge is -2.26. The van der Waals surface area contributed by atoms with Crippen molar-refractivity contribution >= 4 is 92.1 Å². The minimum Gasteiger partial charge on any atom is -0.455 e. The highest BCUT2D eigenvalue weighted by atomic mass is 32.1.